The van der Waals surface area contributed by atoms with Crippen molar-refractivity contribution in [3.05, 3.63) is 47.1 Å². The minimum Gasteiger partial charge on any atom is -0.361 e. The van der Waals surface area contributed by atoms with Crippen LogP contribution in [0.15, 0.2) is 33.7 Å². The minimum absolute atomic E-state index is 0.0567. The van der Waals surface area contributed by atoms with Crippen LogP contribution in [-0.4, -0.2) is 19.3 Å². The molecule has 5 nitrogen and oxygen atoms in total. The number of rotatable bonds is 3. The summed E-state index contributed by atoms with van der Waals surface area (Å²) in [6.07, 6.45) is 0.412. The van der Waals surface area contributed by atoms with E-state index in [1.54, 1.807) is 13.0 Å². The molecule has 112 valence electrons. The van der Waals surface area contributed by atoms with E-state index in [4.69, 9.17) is 4.52 Å². The maximum Gasteiger partial charge on any atom is 0.178 e. The molecule has 0 bridgehead atoms. The van der Waals surface area contributed by atoms with E-state index in [-0.39, 0.29) is 16.7 Å². The number of sulfone groups is 1. The van der Waals surface area contributed by atoms with Gasteiger partial charge in [0.15, 0.2) is 9.84 Å². The molecule has 1 aromatic heterocycles. The summed E-state index contributed by atoms with van der Waals surface area (Å²) in [6.45, 7) is 2.24. The van der Waals surface area contributed by atoms with Crippen LogP contribution in [0.3, 0.4) is 0 Å². The average Bonchev–Trinajstić information content (AvgIpc) is 2.83. The van der Waals surface area contributed by atoms with Crippen molar-refractivity contribution in [1.82, 2.24) is 10.5 Å². The molecular weight excluding hydrogens is 295 g/mol. The van der Waals surface area contributed by atoms with Gasteiger partial charge in [0, 0.05) is 18.7 Å². The maximum atomic E-state index is 13.4. The van der Waals surface area contributed by atoms with Gasteiger partial charge in [-0.15, -0.1) is 0 Å². The van der Waals surface area contributed by atoms with E-state index in [9.17, 15) is 12.8 Å². The van der Waals surface area contributed by atoms with E-state index >= 15 is 0 Å². The van der Waals surface area contributed by atoms with Gasteiger partial charge in [-0.2, -0.15) is 0 Å². The summed E-state index contributed by atoms with van der Waals surface area (Å²) < 4.78 is 42.5. The van der Waals surface area contributed by atoms with Crippen molar-refractivity contribution in [3.63, 3.8) is 0 Å². The van der Waals surface area contributed by atoms with Gasteiger partial charge in [0.25, 0.3) is 0 Å². The Hall–Kier alpha value is -1.73. The summed E-state index contributed by atoms with van der Waals surface area (Å²) in [5, 5.41) is 7.09. The number of nitrogens with one attached hydrogen (secondary N) is 1. The first-order valence-electron chi connectivity index (χ1n) is 6.63. The van der Waals surface area contributed by atoms with Gasteiger partial charge in [-0.3, -0.25) is 0 Å². The molecule has 21 heavy (non-hydrogen) atoms. The van der Waals surface area contributed by atoms with Gasteiger partial charge >= 0.3 is 0 Å². The van der Waals surface area contributed by atoms with E-state index < -0.39 is 15.7 Å². The van der Waals surface area contributed by atoms with Crippen LogP contribution in [0.25, 0.3) is 0 Å². The van der Waals surface area contributed by atoms with Crippen LogP contribution in [-0.2, 0) is 16.4 Å². The first kappa shape index (κ1) is 14.2. The molecule has 0 spiro atoms. The molecule has 0 saturated heterocycles. The van der Waals surface area contributed by atoms with Gasteiger partial charge in [-0.05, 0) is 37.1 Å². The van der Waals surface area contributed by atoms with E-state index in [0.717, 1.165) is 5.69 Å². The number of nitrogens with zero attached hydrogens (tertiary/aromatic N) is 1. The molecule has 1 N–H and O–H groups in total. The summed E-state index contributed by atoms with van der Waals surface area (Å²) >= 11 is 0. The molecule has 0 amide bonds. The van der Waals surface area contributed by atoms with Crippen molar-refractivity contribution >= 4 is 9.84 Å². The van der Waals surface area contributed by atoms with Crippen molar-refractivity contribution in [2.75, 3.05) is 5.75 Å². The first-order chi connectivity index (χ1) is 9.95. The highest BCUT2D eigenvalue weighted by molar-refractivity contribution is 7.91. The molecule has 0 fully saturated rings. The Morgan fingerprint density at radius 1 is 1.43 bits per heavy atom. The molecule has 1 atom stereocenters. The van der Waals surface area contributed by atoms with Crippen LogP contribution in [0, 0.1) is 12.7 Å². The van der Waals surface area contributed by atoms with E-state index in [1.165, 1.54) is 18.2 Å². The summed E-state index contributed by atoms with van der Waals surface area (Å²) in [5.74, 6) is 0.334. The van der Waals surface area contributed by atoms with Gasteiger partial charge in [0.05, 0.1) is 16.3 Å². The van der Waals surface area contributed by atoms with Crippen molar-refractivity contribution in [2.45, 2.75) is 30.8 Å². The second kappa shape index (κ2) is 5.23. The second-order valence-electron chi connectivity index (χ2n) is 5.15. The van der Waals surface area contributed by atoms with Crippen LogP contribution in [0.4, 0.5) is 4.39 Å². The van der Waals surface area contributed by atoms with Crippen molar-refractivity contribution in [1.29, 1.82) is 0 Å². The highest BCUT2D eigenvalue weighted by Gasteiger charge is 2.30. The molecule has 0 aliphatic carbocycles. The lowest BCUT2D eigenvalue weighted by Gasteiger charge is -2.26. The molecule has 1 aliphatic heterocycles. The minimum atomic E-state index is -3.31. The molecule has 7 heteroatoms. The lowest BCUT2D eigenvalue weighted by atomic mass is 10.0. The Kier molecular flexibility index (Phi) is 3.54. The summed E-state index contributed by atoms with van der Waals surface area (Å²) in [7, 11) is -3.31. The lowest BCUT2D eigenvalue weighted by molar-refractivity contribution is 0.384. The number of halogens is 1. The predicted molar refractivity (Wildman–Crippen MR) is 73.9 cm³/mol. The molecule has 1 unspecified atom stereocenters. The van der Waals surface area contributed by atoms with Gasteiger partial charge < -0.3 is 9.84 Å². The quantitative estimate of drug-likeness (QED) is 0.879. The number of aromatic nitrogens is 1. The van der Waals surface area contributed by atoms with Crippen LogP contribution in [0.2, 0.25) is 0 Å². The molecule has 2 aromatic rings. The van der Waals surface area contributed by atoms with Gasteiger partial charge in [-0.1, -0.05) is 5.16 Å². The van der Waals surface area contributed by atoms with E-state index in [1.807, 2.05) is 0 Å². The fourth-order valence-electron chi connectivity index (χ4n) is 2.55. The molecule has 0 radical (unpaired) electrons. The molecule has 1 aliphatic rings. The zero-order valence-electron chi connectivity index (χ0n) is 11.5. The molecular formula is C14H15FN2O3S. The highest BCUT2D eigenvalue weighted by Crippen LogP contribution is 2.32. The van der Waals surface area contributed by atoms with Crippen molar-refractivity contribution < 1.29 is 17.3 Å². The van der Waals surface area contributed by atoms with Crippen LogP contribution < -0.4 is 5.32 Å². The van der Waals surface area contributed by atoms with Gasteiger partial charge in [0.1, 0.15) is 11.6 Å². The Morgan fingerprint density at radius 2 is 2.24 bits per heavy atom. The number of hydrogen-bond acceptors (Lipinski definition) is 5. The Morgan fingerprint density at radius 3 is 2.95 bits per heavy atom. The fraction of sp³-hybridized carbons (Fsp3) is 0.357. The number of fused-ring (bicyclic) bond motifs is 1. The van der Waals surface area contributed by atoms with Crippen molar-refractivity contribution in [2.24, 2.45) is 0 Å². The zero-order valence-corrected chi connectivity index (χ0v) is 12.3. The van der Waals surface area contributed by atoms with Crippen LogP contribution in [0.1, 0.15) is 29.5 Å². The Labute approximate surface area is 122 Å². The SMILES string of the molecule is Cc1cc(CNC2CCS(=O)(=O)c3ccc(F)cc32)no1. The first-order valence-corrected chi connectivity index (χ1v) is 8.29. The van der Waals surface area contributed by atoms with Crippen molar-refractivity contribution in [3.8, 4) is 0 Å². The number of benzene rings is 1. The standard InChI is InChI=1S/C14H15FN2O3S/c1-9-6-11(17-20-9)8-16-13-4-5-21(18,19)14-3-2-10(15)7-12(13)14/h2-3,6-7,13,16H,4-5,8H2,1H3. The third-order valence-electron chi connectivity index (χ3n) is 3.56. The van der Waals surface area contributed by atoms with Gasteiger partial charge in [-0.25, -0.2) is 12.8 Å². The van der Waals surface area contributed by atoms with Gasteiger partial charge in [0.2, 0.25) is 0 Å². The smallest absolute Gasteiger partial charge is 0.178 e. The number of aryl methyl sites for hydroxylation is 1. The average molecular weight is 310 g/mol. The summed E-state index contributed by atoms with van der Waals surface area (Å²) in [4.78, 5) is 0.212. The summed E-state index contributed by atoms with van der Waals surface area (Å²) in [6, 6.07) is 5.40. The maximum absolute atomic E-state index is 13.4. The third kappa shape index (κ3) is 2.84. The largest absolute Gasteiger partial charge is 0.361 e. The third-order valence-corrected chi connectivity index (χ3v) is 5.38. The lowest BCUT2D eigenvalue weighted by Crippen LogP contribution is -2.29. The Balaban J connectivity index is 1.86. The second-order valence-corrected chi connectivity index (χ2v) is 7.23. The normalized spacial score (nSPS) is 20.2. The summed E-state index contributed by atoms with van der Waals surface area (Å²) in [5.41, 5.74) is 1.22. The van der Waals surface area contributed by atoms with E-state index in [2.05, 4.69) is 10.5 Å². The fourth-order valence-corrected chi connectivity index (χ4v) is 4.16. The molecule has 2 heterocycles. The number of hydrogen-bond donors (Lipinski definition) is 1. The predicted octanol–water partition coefficient (Wildman–Crippen LogP) is 2.13. The van der Waals surface area contributed by atoms with Crippen LogP contribution >= 0.6 is 0 Å². The molecule has 1 aromatic carbocycles. The molecule has 0 saturated carbocycles. The topological polar surface area (TPSA) is 72.2 Å². The zero-order chi connectivity index (χ0) is 15.0. The van der Waals surface area contributed by atoms with E-state index in [0.29, 0.717) is 24.3 Å². The molecule has 3 rings (SSSR count). The highest BCUT2D eigenvalue weighted by atomic mass is 32.2. The van der Waals surface area contributed by atoms with Crippen LogP contribution in [0.5, 0.6) is 0 Å². The Bertz CT molecular complexity index is 770. The monoisotopic (exact) mass is 310 g/mol.